The molecule has 1 aromatic carbocycles. The molecule has 0 amide bonds. The van der Waals surface area contributed by atoms with E-state index < -0.39 is 5.97 Å². The van der Waals surface area contributed by atoms with Crippen LogP contribution < -0.4 is 0 Å². The van der Waals surface area contributed by atoms with Crippen molar-refractivity contribution in [1.82, 2.24) is 0 Å². The average molecular weight is 224 g/mol. The van der Waals surface area contributed by atoms with Crippen molar-refractivity contribution >= 4 is 23.2 Å². The van der Waals surface area contributed by atoms with E-state index >= 15 is 0 Å². The Hall–Kier alpha value is -1.42. The van der Waals surface area contributed by atoms with Gasteiger partial charge in [0.15, 0.2) is 11.7 Å². The van der Waals surface area contributed by atoms with E-state index in [1.807, 2.05) is 30.3 Å². The summed E-state index contributed by atoms with van der Waals surface area (Å²) < 4.78 is 9.80. The first kappa shape index (κ1) is 11.7. The first-order chi connectivity index (χ1) is 7.24. The van der Waals surface area contributed by atoms with Crippen LogP contribution in [0.15, 0.2) is 30.3 Å². The number of hydrogen-bond acceptors (Lipinski definition) is 4. The summed E-state index contributed by atoms with van der Waals surface area (Å²) >= 11 is 4.99. The Labute approximate surface area is 94.0 Å². The number of carbonyl (C=O) groups excluding carboxylic acids is 1. The molecule has 15 heavy (non-hydrogen) atoms. The summed E-state index contributed by atoms with van der Waals surface area (Å²) in [6.45, 7) is 1.95. The highest BCUT2D eigenvalue weighted by atomic mass is 32.1. The highest BCUT2D eigenvalue weighted by Gasteiger charge is 2.06. The maximum atomic E-state index is 11.0. The topological polar surface area (TPSA) is 35.5 Å². The number of esters is 1. The molecule has 0 aliphatic heterocycles. The van der Waals surface area contributed by atoms with Gasteiger partial charge in [0, 0.05) is 5.56 Å². The molecule has 0 saturated heterocycles. The van der Waals surface area contributed by atoms with Gasteiger partial charge >= 0.3 is 5.97 Å². The Morgan fingerprint density at radius 2 is 1.93 bits per heavy atom. The van der Waals surface area contributed by atoms with Crippen molar-refractivity contribution in [3.63, 3.8) is 0 Å². The lowest BCUT2D eigenvalue weighted by Gasteiger charge is -2.06. The average Bonchev–Trinajstić information content (AvgIpc) is 2.27. The van der Waals surface area contributed by atoms with Crippen LogP contribution in [0.25, 0.3) is 0 Å². The van der Waals surface area contributed by atoms with Crippen LogP contribution in [-0.2, 0) is 14.3 Å². The normalized spacial score (nSPS) is 9.40. The summed E-state index contributed by atoms with van der Waals surface area (Å²) in [7, 11) is 0. The van der Waals surface area contributed by atoms with E-state index in [9.17, 15) is 4.79 Å². The second-order valence-corrected chi connectivity index (χ2v) is 3.12. The van der Waals surface area contributed by atoms with Crippen molar-refractivity contribution < 1.29 is 14.3 Å². The largest absolute Gasteiger partial charge is 0.471 e. The highest BCUT2D eigenvalue weighted by molar-refractivity contribution is 7.80. The van der Waals surface area contributed by atoms with Crippen LogP contribution in [0.5, 0.6) is 0 Å². The van der Waals surface area contributed by atoms with Crippen LogP contribution in [-0.4, -0.2) is 24.2 Å². The van der Waals surface area contributed by atoms with Crippen LogP contribution in [0.4, 0.5) is 0 Å². The van der Waals surface area contributed by atoms with Gasteiger partial charge in [-0.25, -0.2) is 4.79 Å². The fourth-order valence-corrected chi connectivity index (χ4v) is 1.18. The van der Waals surface area contributed by atoms with Gasteiger partial charge in [0.25, 0.3) is 0 Å². The summed E-state index contributed by atoms with van der Waals surface area (Å²) in [6, 6.07) is 9.25. The molecule has 1 rings (SSSR count). The predicted molar refractivity (Wildman–Crippen MR) is 60.7 cm³/mol. The molecule has 0 atom stereocenters. The van der Waals surface area contributed by atoms with Gasteiger partial charge < -0.3 is 9.47 Å². The van der Waals surface area contributed by atoms with Gasteiger partial charge in [-0.2, -0.15) is 0 Å². The Morgan fingerprint density at radius 3 is 2.53 bits per heavy atom. The molecule has 0 heterocycles. The molecule has 0 saturated carbocycles. The van der Waals surface area contributed by atoms with Crippen LogP contribution in [0, 0.1) is 0 Å². The zero-order chi connectivity index (χ0) is 11.1. The molecule has 0 N–H and O–H groups in total. The summed E-state index contributed by atoms with van der Waals surface area (Å²) in [5, 5.41) is 0.309. The number of rotatable bonds is 4. The Kier molecular flexibility index (Phi) is 4.77. The van der Waals surface area contributed by atoms with E-state index in [4.69, 9.17) is 21.7 Å². The van der Waals surface area contributed by atoms with Gasteiger partial charge in [0.05, 0.1) is 6.61 Å². The molecule has 0 aromatic heterocycles. The van der Waals surface area contributed by atoms with Gasteiger partial charge in [0.2, 0.25) is 0 Å². The van der Waals surface area contributed by atoms with Gasteiger partial charge in [0.1, 0.15) is 0 Å². The minimum absolute atomic E-state index is 0.137. The second-order valence-electron chi connectivity index (χ2n) is 2.75. The fourth-order valence-electron chi connectivity index (χ4n) is 0.985. The van der Waals surface area contributed by atoms with Crippen molar-refractivity contribution in [2.75, 3.05) is 13.2 Å². The van der Waals surface area contributed by atoms with E-state index in [0.717, 1.165) is 5.56 Å². The van der Waals surface area contributed by atoms with Crippen molar-refractivity contribution in [2.45, 2.75) is 6.92 Å². The third kappa shape index (κ3) is 4.08. The molecule has 0 fully saturated rings. The lowest BCUT2D eigenvalue weighted by Crippen LogP contribution is -2.15. The molecular formula is C11H12O3S. The van der Waals surface area contributed by atoms with E-state index in [2.05, 4.69) is 0 Å². The van der Waals surface area contributed by atoms with E-state index in [-0.39, 0.29) is 6.61 Å². The summed E-state index contributed by atoms with van der Waals surface area (Å²) in [6.07, 6.45) is 0. The quantitative estimate of drug-likeness (QED) is 0.578. The highest BCUT2D eigenvalue weighted by Crippen LogP contribution is 2.02. The molecular weight excluding hydrogens is 212 g/mol. The predicted octanol–water partition coefficient (Wildman–Crippen LogP) is 1.94. The number of ether oxygens (including phenoxy) is 2. The monoisotopic (exact) mass is 224 g/mol. The molecule has 0 radical (unpaired) electrons. The van der Waals surface area contributed by atoms with Crippen molar-refractivity contribution in [3.8, 4) is 0 Å². The number of hydrogen-bond donors (Lipinski definition) is 0. The molecule has 0 spiro atoms. The third-order valence-electron chi connectivity index (χ3n) is 1.64. The minimum Gasteiger partial charge on any atom is -0.471 e. The molecule has 0 aliphatic rings. The molecule has 0 aliphatic carbocycles. The van der Waals surface area contributed by atoms with E-state index in [1.165, 1.54) is 0 Å². The van der Waals surface area contributed by atoms with E-state index in [1.54, 1.807) is 6.92 Å². The van der Waals surface area contributed by atoms with Gasteiger partial charge in [-0.3, -0.25) is 0 Å². The summed E-state index contributed by atoms with van der Waals surface area (Å²) in [5.74, 6) is -0.407. The molecule has 0 unspecified atom stereocenters. The van der Waals surface area contributed by atoms with Crippen molar-refractivity contribution in [1.29, 1.82) is 0 Å². The molecule has 1 aromatic rings. The smallest absolute Gasteiger partial charge is 0.344 e. The Balaban J connectivity index is 2.40. The Morgan fingerprint density at radius 1 is 1.27 bits per heavy atom. The Bertz CT molecular complexity index is 335. The van der Waals surface area contributed by atoms with E-state index in [0.29, 0.717) is 11.7 Å². The van der Waals surface area contributed by atoms with Crippen molar-refractivity contribution in [3.05, 3.63) is 35.9 Å². The molecule has 3 nitrogen and oxygen atoms in total. The second kappa shape index (κ2) is 6.14. The zero-order valence-electron chi connectivity index (χ0n) is 8.43. The molecule has 80 valence electrons. The fraction of sp³-hybridized carbons (Fsp3) is 0.273. The minimum atomic E-state index is -0.407. The third-order valence-corrected chi connectivity index (χ3v) is 1.99. The van der Waals surface area contributed by atoms with Crippen LogP contribution in [0.2, 0.25) is 0 Å². The van der Waals surface area contributed by atoms with Gasteiger partial charge in [-0.05, 0) is 19.1 Å². The van der Waals surface area contributed by atoms with Crippen LogP contribution in [0.3, 0.4) is 0 Å². The number of carbonyl (C=O) groups is 1. The maximum Gasteiger partial charge on any atom is 0.344 e. The molecule has 4 heteroatoms. The van der Waals surface area contributed by atoms with Crippen LogP contribution >= 0.6 is 12.2 Å². The lowest BCUT2D eigenvalue weighted by molar-refractivity contribution is -0.145. The SMILES string of the molecule is CCOC(=O)COC(=S)c1ccccc1. The van der Waals surface area contributed by atoms with Gasteiger partial charge in [-0.1, -0.05) is 30.3 Å². The number of thiocarbonyl (C=S) groups is 1. The number of benzene rings is 1. The standard InChI is InChI=1S/C11H12O3S/c1-2-13-10(12)8-14-11(15)9-6-4-3-5-7-9/h3-7H,2,8H2,1H3. The summed E-state index contributed by atoms with van der Waals surface area (Å²) in [5.41, 5.74) is 0.789. The van der Waals surface area contributed by atoms with Crippen LogP contribution in [0.1, 0.15) is 12.5 Å². The molecule has 0 bridgehead atoms. The zero-order valence-corrected chi connectivity index (χ0v) is 9.25. The van der Waals surface area contributed by atoms with Gasteiger partial charge in [-0.15, -0.1) is 0 Å². The lowest BCUT2D eigenvalue weighted by atomic mass is 10.2. The summed E-state index contributed by atoms with van der Waals surface area (Å²) in [4.78, 5) is 11.0. The first-order valence-corrected chi connectivity index (χ1v) is 5.02. The van der Waals surface area contributed by atoms with Crippen molar-refractivity contribution in [2.24, 2.45) is 0 Å². The maximum absolute atomic E-state index is 11.0. The first-order valence-electron chi connectivity index (χ1n) is 4.62.